The lowest BCUT2D eigenvalue weighted by molar-refractivity contribution is -0.384. The molecule has 5 heteroatoms. The van der Waals surface area contributed by atoms with Crippen molar-refractivity contribution in [2.45, 2.75) is 26.3 Å². The Labute approximate surface area is 119 Å². The Hall–Kier alpha value is -1.62. The highest BCUT2D eigenvalue weighted by molar-refractivity contribution is 5.60. The summed E-state index contributed by atoms with van der Waals surface area (Å²) < 4.78 is 0. The largest absolute Gasteiger partial charge is 0.366 e. The number of non-ortho nitro benzene ring substituents is 1. The van der Waals surface area contributed by atoms with Crippen LogP contribution in [0.1, 0.15) is 19.4 Å². The zero-order chi connectivity index (χ0) is 14.5. The first-order valence-corrected chi connectivity index (χ1v) is 7.14. The summed E-state index contributed by atoms with van der Waals surface area (Å²) >= 11 is 0. The van der Waals surface area contributed by atoms with Crippen LogP contribution in [0.25, 0.3) is 0 Å². The van der Waals surface area contributed by atoms with Crippen molar-refractivity contribution in [2.24, 2.45) is 11.8 Å². The SMILES string of the molecule is Cc1cc([N+](=O)[O-])ccc1N1CC2CNCC2C1(C)C. The van der Waals surface area contributed by atoms with E-state index in [-0.39, 0.29) is 16.1 Å². The van der Waals surface area contributed by atoms with Crippen LogP contribution in [-0.4, -0.2) is 30.1 Å². The number of benzene rings is 1. The minimum Gasteiger partial charge on any atom is -0.366 e. The van der Waals surface area contributed by atoms with Crippen molar-refractivity contribution in [3.8, 4) is 0 Å². The van der Waals surface area contributed by atoms with Crippen molar-refractivity contribution >= 4 is 11.4 Å². The highest BCUT2D eigenvalue weighted by Crippen LogP contribution is 2.44. The van der Waals surface area contributed by atoms with E-state index >= 15 is 0 Å². The summed E-state index contributed by atoms with van der Waals surface area (Å²) in [7, 11) is 0. The lowest BCUT2D eigenvalue weighted by Gasteiger charge is -2.38. The van der Waals surface area contributed by atoms with Crippen LogP contribution < -0.4 is 10.2 Å². The summed E-state index contributed by atoms with van der Waals surface area (Å²) in [6, 6.07) is 5.20. The number of nitro groups is 1. The fourth-order valence-corrected chi connectivity index (χ4v) is 3.89. The van der Waals surface area contributed by atoms with Gasteiger partial charge >= 0.3 is 0 Å². The first-order valence-electron chi connectivity index (χ1n) is 7.14. The minimum absolute atomic E-state index is 0.0923. The van der Waals surface area contributed by atoms with Crippen molar-refractivity contribution in [2.75, 3.05) is 24.5 Å². The molecule has 0 radical (unpaired) electrons. The molecule has 2 unspecified atom stereocenters. The van der Waals surface area contributed by atoms with E-state index in [1.165, 1.54) is 0 Å². The van der Waals surface area contributed by atoms with Crippen LogP contribution >= 0.6 is 0 Å². The number of hydrogen-bond donors (Lipinski definition) is 1. The molecule has 2 fully saturated rings. The molecule has 0 aliphatic carbocycles. The molecule has 0 aromatic heterocycles. The fourth-order valence-electron chi connectivity index (χ4n) is 3.89. The van der Waals surface area contributed by atoms with Crippen molar-refractivity contribution < 1.29 is 4.92 Å². The standard InChI is InChI=1S/C15H21N3O2/c1-10-6-12(18(19)20)4-5-14(10)17-9-11-7-16-8-13(11)15(17,2)3/h4-6,11,13,16H,7-9H2,1-3H3. The second-order valence-electron chi connectivity index (χ2n) is 6.52. The molecule has 3 rings (SSSR count). The molecule has 0 saturated carbocycles. The van der Waals surface area contributed by atoms with Crippen LogP contribution in [0.3, 0.4) is 0 Å². The van der Waals surface area contributed by atoms with Crippen LogP contribution in [-0.2, 0) is 0 Å². The van der Waals surface area contributed by atoms with Gasteiger partial charge in [-0.2, -0.15) is 0 Å². The summed E-state index contributed by atoms with van der Waals surface area (Å²) in [5, 5.41) is 14.3. The predicted molar refractivity (Wildman–Crippen MR) is 79.1 cm³/mol. The van der Waals surface area contributed by atoms with Crippen LogP contribution in [0.2, 0.25) is 0 Å². The molecule has 2 aliphatic heterocycles. The van der Waals surface area contributed by atoms with Gasteiger partial charge < -0.3 is 10.2 Å². The molecule has 0 amide bonds. The van der Waals surface area contributed by atoms with E-state index in [4.69, 9.17) is 0 Å². The number of rotatable bonds is 2. The van der Waals surface area contributed by atoms with E-state index < -0.39 is 0 Å². The number of fused-ring (bicyclic) bond motifs is 1. The van der Waals surface area contributed by atoms with E-state index in [1.807, 2.05) is 13.0 Å². The molecule has 2 heterocycles. The van der Waals surface area contributed by atoms with Crippen LogP contribution in [0.4, 0.5) is 11.4 Å². The normalized spacial score (nSPS) is 27.6. The second-order valence-corrected chi connectivity index (χ2v) is 6.52. The number of hydrogen-bond acceptors (Lipinski definition) is 4. The Morgan fingerprint density at radius 1 is 1.40 bits per heavy atom. The van der Waals surface area contributed by atoms with E-state index in [0.29, 0.717) is 11.8 Å². The maximum absolute atomic E-state index is 10.9. The molecule has 2 aliphatic rings. The smallest absolute Gasteiger partial charge is 0.269 e. The van der Waals surface area contributed by atoms with Gasteiger partial charge in [0, 0.05) is 43.0 Å². The molecule has 1 aromatic carbocycles. The van der Waals surface area contributed by atoms with Gasteiger partial charge in [-0.1, -0.05) is 0 Å². The van der Waals surface area contributed by atoms with Gasteiger partial charge in [0.1, 0.15) is 0 Å². The Bertz CT molecular complexity index is 556. The summed E-state index contributed by atoms with van der Waals surface area (Å²) in [6.45, 7) is 9.71. The van der Waals surface area contributed by atoms with E-state index in [1.54, 1.807) is 12.1 Å². The molecular weight excluding hydrogens is 254 g/mol. The number of nitrogens with zero attached hydrogens (tertiary/aromatic N) is 2. The van der Waals surface area contributed by atoms with Gasteiger partial charge in [-0.25, -0.2) is 0 Å². The fraction of sp³-hybridized carbons (Fsp3) is 0.600. The van der Waals surface area contributed by atoms with Gasteiger partial charge in [0.05, 0.1) is 4.92 Å². The van der Waals surface area contributed by atoms with E-state index in [9.17, 15) is 10.1 Å². The monoisotopic (exact) mass is 275 g/mol. The summed E-state index contributed by atoms with van der Waals surface area (Å²) in [6.07, 6.45) is 0. The lowest BCUT2D eigenvalue weighted by Crippen LogP contribution is -2.44. The topological polar surface area (TPSA) is 58.4 Å². The Morgan fingerprint density at radius 3 is 2.75 bits per heavy atom. The Morgan fingerprint density at radius 2 is 2.15 bits per heavy atom. The molecule has 0 bridgehead atoms. The number of nitrogens with one attached hydrogen (secondary N) is 1. The zero-order valence-corrected chi connectivity index (χ0v) is 12.2. The highest BCUT2D eigenvalue weighted by atomic mass is 16.6. The van der Waals surface area contributed by atoms with E-state index in [2.05, 4.69) is 24.1 Å². The van der Waals surface area contributed by atoms with Gasteiger partial charge in [0.25, 0.3) is 5.69 Å². The molecule has 2 saturated heterocycles. The summed E-state index contributed by atoms with van der Waals surface area (Å²) in [5.74, 6) is 1.33. The molecule has 1 N–H and O–H groups in total. The Kier molecular flexibility index (Phi) is 2.97. The van der Waals surface area contributed by atoms with Crippen molar-refractivity contribution in [1.82, 2.24) is 5.32 Å². The molecule has 108 valence electrons. The molecular formula is C15H21N3O2. The van der Waals surface area contributed by atoms with Crippen LogP contribution in [0.5, 0.6) is 0 Å². The average Bonchev–Trinajstić information content (AvgIpc) is 2.92. The van der Waals surface area contributed by atoms with Crippen molar-refractivity contribution in [3.63, 3.8) is 0 Å². The van der Waals surface area contributed by atoms with Gasteiger partial charge in [0.2, 0.25) is 0 Å². The number of nitro benzene ring substituents is 1. The molecule has 5 nitrogen and oxygen atoms in total. The molecule has 2 atom stereocenters. The van der Waals surface area contributed by atoms with Crippen LogP contribution in [0.15, 0.2) is 18.2 Å². The Balaban J connectivity index is 1.95. The highest BCUT2D eigenvalue weighted by Gasteiger charge is 2.49. The average molecular weight is 275 g/mol. The van der Waals surface area contributed by atoms with Gasteiger partial charge in [-0.3, -0.25) is 10.1 Å². The summed E-state index contributed by atoms with van der Waals surface area (Å²) in [4.78, 5) is 13.0. The lowest BCUT2D eigenvalue weighted by atomic mass is 9.84. The van der Waals surface area contributed by atoms with Crippen molar-refractivity contribution in [1.29, 1.82) is 0 Å². The third kappa shape index (κ3) is 1.88. The minimum atomic E-state index is -0.329. The van der Waals surface area contributed by atoms with Crippen LogP contribution in [0, 0.1) is 28.9 Å². The maximum atomic E-state index is 10.9. The van der Waals surface area contributed by atoms with E-state index in [0.717, 1.165) is 30.9 Å². The molecule has 20 heavy (non-hydrogen) atoms. The van der Waals surface area contributed by atoms with Gasteiger partial charge in [-0.05, 0) is 44.2 Å². The first-order chi connectivity index (χ1) is 9.41. The number of aryl methyl sites for hydroxylation is 1. The maximum Gasteiger partial charge on any atom is 0.269 e. The zero-order valence-electron chi connectivity index (χ0n) is 12.2. The molecule has 1 aromatic rings. The second kappa shape index (κ2) is 4.45. The predicted octanol–water partition coefficient (Wildman–Crippen LogP) is 2.34. The first kappa shape index (κ1) is 13.4. The summed E-state index contributed by atoms with van der Waals surface area (Å²) in [5.41, 5.74) is 2.38. The van der Waals surface area contributed by atoms with Gasteiger partial charge in [-0.15, -0.1) is 0 Å². The van der Waals surface area contributed by atoms with Crippen molar-refractivity contribution in [3.05, 3.63) is 33.9 Å². The quantitative estimate of drug-likeness (QED) is 0.665. The molecule has 0 spiro atoms. The third-order valence-corrected chi connectivity index (χ3v) is 5.04. The third-order valence-electron chi connectivity index (χ3n) is 5.04. The van der Waals surface area contributed by atoms with Gasteiger partial charge in [0.15, 0.2) is 0 Å². The number of anilines is 1.